The van der Waals surface area contributed by atoms with E-state index in [2.05, 4.69) is 25.9 Å². The van der Waals surface area contributed by atoms with Crippen molar-refractivity contribution in [2.75, 3.05) is 30.8 Å². The van der Waals surface area contributed by atoms with Crippen LogP contribution in [-0.2, 0) is 11.3 Å². The Bertz CT molecular complexity index is 1110. The minimum Gasteiger partial charge on any atom is -0.381 e. The lowest BCUT2D eigenvalue weighted by molar-refractivity contribution is -0.0695. The fourth-order valence-electron chi connectivity index (χ4n) is 8.52. The van der Waals surface area contributed by atoms with E-state index in [9.17, 15) is 4.39 Å². The molecule has 0 radical (unpaired) electrons. The van der Waals surface area contributed by atoms with Gasteiger partial charge in [0, 0.05) is 31.3 Å². The first kappa shape index (κ1) is 27.2. The zero-order valence-corrected chi connectivity index (χ0v) is 23.9. The number of hydrogen-bond donors (Lipinski definition) is 3. The number of aromatic nitrogens is 2. The fourth-order valence-corrected chi connectivity index (χ4v) is 8.72. The smallest absolute Gasteiger partial charge is 0.225 e. The number of nitrogens with one attached hydrogen (secondary N) is 3. The van der Waals surface area contributed by atoms with Gasteiger partial charge in [0.1, 0.15) is 0 Å². The molecule has 6 nitrogen and oxygen atoms in total. The fraction of sp³-hybridized carbons (Fsp3) is 0.677. The first-order valence-electron chi connectivity index (χ1n) is 15.0. The van der Waals surface area contributed by atoms with Crippen LogP contribution in [-0.4, -0.2) is 42.3 Å². The SMILES string of the molecule is COC1CCC(CCNC2[C@@H]3CC4C[C@H]2CC(CNc2nc(NCc5ccccc5Cl)ncc2F)(C4)C3)CC1. The minimum absolute atomic E-state index is 0.246. The number of hydrogen-bond acceptors (Lipinski definition) is 6. The van der Waals surface area contributed by atoms with Crippen LogP contribution in [0.25, 0.3) is 0 Å². The molecule has 5 aliphatic rings. The topological polar surface area (TPSA) is 71.1 Å². The highest BCUT2D eigenvalue weighted by molar-refractivity contribution is 6.31. The third-order valence-electron chi connectivity index (χ3n) is 10.2. The molecule has 39 heavy (non-hydrogen) atoms. The number of nitrogens with zero attached hydrogens (tertiary/aromatic N) is 2. The highest BCUT2D eigenvalue weighted by Crippen LogP contribution is 2.60. The summed E-state index contributed by atoms with van der Waals surface area (Å²) in [7, 11) is 1.85. The normalized spacial score (nSPS) is 33.3. The molecule has 4 bridgehead atoms. The molecule has 1 aromatic heterocycles. The van der Waals surface area contributed by atoms with Crippen molar-refractivity contribution in [1.82, 2.24) is 15.3 Å². The average Bonchev–Trinajstić information content (AvgIpc) is 2.94. The Balaban J connectivity index is 1.02. The predicted octanol–water partition coefficient (Wildman–Crippen LogP) is 6.67. The van der Waals surface area contributed by atoms with Crippen LogP contribution >= 0.6 is 11.6 Å². The Morgan fingerprint density at radius 3 is 2.56 bits per heavy atom. The van der Waals surface area contributed by atoms with Crippen LogP contribution in [0, 0.1) is 34.9 Å². The number of ether oxygens (including phenoxy) is 1. The summed E-state index contributed by atoms with van der Waals surface area (Å²) in [5.41, 5.74) is 1.20. The van der Waals surface area contributed by atoms with E-state index in [0.717, 1.165) is 42.3 Å². The van der Waals surface area contributed by atoms with E-state index in [4.69, 9.17) is 16.3 Å². The van der Waals surface area contributed by atoms with E-state index in [1.807, 2.05) is 31.4 Å². The van der Waals surface area contributed by atoms with Crippen molar-refractivity contribution in [2.45, 2.75) is 82.9 Å². The van der Waals surface area contributed by atoms with E-state index in [-0.39, 0.29) is 5.41 Å². The van der Waals surface area contributed by atoms with Gasteiger partial charge >= 0.3 is 0 Å². The lowest BCUT2D eigenvalue weighted by Gasteiger charge is -2.60. The van der Waals surface area contributed by atoms with E-state index >= 15 is 0 Å². The summed E-state index contributed by atoms with van der Waals surface area (Å²) in [4.78, 5) is 8.62. The summed E-state index contributed by atoms with van der Waals surface area (Å²) in [6.45, 7) is 2.42. The zero-order chi connectivity index (χ0) is 26.8. The van der Waals surface area contributed by atoms with Crippen LogP contribution in [0.3, 0.4) is 0 Å². The Hall–Kier alpha value is -1.96. The van der Waals surface area contributed by atoms with Gasteiger partial charge in [-0.3, -0.25) is 0 Å². The molecule has 0 aliphatic heterocycles. The standard InChI is InChI=1S/C31H43ClFN5O/c1-39-25-8-6-20(7-9-25)10-11-34-28-23-12-21-13-24(28)16-31(14-21,15-23)19-37-29-27(33)18-36-30(38-29)35-17-22-4-2-3-5-26(22)32/h2-5,18,20-21,23-25,28,34H,6-17,19H2,1H3,(H2,35,36,37,38)/t20?,21?,23-,24+,25?,28?,31?. The molecule has 5 saturated carbocycles. The maximum atomic E-state index is 14.7. The van der Waals surface area contributed by atoms with Crippen molar-refractivity contribution in [3.63, 3.8) is 0 Å². The molecule has 0 spiro atoms. The molecule has 212 valence electrons. The third kappa shape index (κ3) is 6.20. The first-order valence-corrected chi connectivity index (χ1v) is 15.4. The number of benzene rings is 1. The summed E-state index contributed by atoms with van der Waals surface area (Å²) in [6, 6.07) is 8.32. The molecule has 1 aromatic carbocycles. The van der Waals surface area contributed by atoms with Gasteiger partial charge in [-0.05, 0) is 111 Å². The number of halogens is 2. The van der Waals surface area contributed by atoms with Gasteiger partial charge in [-0.15, -0.1) is 0 Å². The lowest BCUT2D eigenvalue weighted by atomic mass is 9.48. The van der Waals surface area contributed by atoms with Gasteiger partial charge in [-0.1, -0.05) is 29.8 Å². The van der Waals surface area contributed by atoms with Gasteiger partial charge in [-0.25, -0.2) is 9.37 Å². The van der Waals surface area contributed by atoms with E-state index in [1.165, 1.54) is 70.4 Å². The van der Waals surface area contributed by atoms with Gasteiger partial charge in [0.25, 0.3) is 0 Å². The van der Waals surface area contributed by atoms with E-state index in [1.54, 1.807) is 0 Å². The second kappa shape index (κ2) is 11.9. The van der Waals surface area contributed by atoms with Crippen molar-refractivity contribution >= 4 is 23.4 Å². The van der Waals surface area contributed by atoms with Crippen molar-refractivity contribution in [3.8, 4) is 0 Å². The maximum Gasteiger partial charge on any atom is 0.225 e. The second-order valence-corrected chi connectivity index (χ2v) is 13.2. The maximum absolute atomic E-state index is 14.7. The van der Waals surface area contributed by atoms with Crippen LogP contribution < -0.4 is 16.0 Å². The molecule has 0 amide bonds. The van der Waals surface area contributed by atoms with Crippen LogP contribution in [0.5, 0.6) is 0 Å². The van der Waals surface area contributed by atoms with Gasteiger partial charge in [0.15, 0.2) is 11.6 Å². The zero-order valence-electron chi connectivity index (χ0n) is 23.1. The first-order chi connectivity index (χ1) is 19.0. The highest BCUT2D eigenvalue weighted by atomic mass is 35.5. The quantitative estimate of drug-likeness (QED) is 0.287. The molecule has 2 aromatic rings. The number of rotatable bonds is 11. The van der Waals surface area contributed by atoms with E-state index < -0.39 is 5.82 Å². The molecule has 8 heteroatoms. The monoisotopic (exact) mass is 555 g/mol. The molecule has 3 N–H and O–H groups in total. The summed E-state index contributed by atoms with van der Waals surface area (Å²) >= 11 is 6.27. The minimum atomic E-state index is -0.401. The summed E-state index contributed by atoms with van der Waals surface area (Å²) < 4.78 is 20.2. The van der Waals surface area contributed by atoms with Crippen molar-refractivity contribution in [2.24, 2.45) is 29.1 Å². The Kier molecular flexibility index (Phi) is 8.29. The molecule has 5 fully saturated rings. The molecule has 3 unspecified atom stereocenters. The summed E-state index contributed by atoms with van der Waals surface area (Å²) in [6.07, 6.45) is 14.5. The van der Waals surface area contributed by atoms with Crippen LogP contribution in [0.15, 0.2) is 30.5 Å². The largest absolute Gasteiger partial charge is 0.381 e. The molecular weight excluding hydrogens is 513 g/mol. The molecule has 0 saturated heterocycles. The van der Waals surface area contributed by atoms with Gasteiger partial charge in [0.2, 0.25) is 5.95 Å². The molecule has 7 rings (SSSR count). The number of anilines is 2. The summed E-state index contributed by atoms with van der Waals surface area (Å²) in [5, 5.41) is 11.3. The van der Waals surface area contributed by atoms with E-state index in [0.29, 0.717) is 35.5 Å². The van der Waals surface area contributed by atoms with Gasteiger partial charge in [0.05, 0.1) is 12.3 Å². The second-order valence-electron chi connectivity index (χ2n) is 12.8. The highest BCUT2D eigenvalue weighted by Gasteiger charge is 2.55. The summed E-state index contributed by atoms with van der Waals surface area (Å²) in [5.74, 6) is 3.44. The van der Waals surface area contributed by atoms with Crippen LogP contribution in [0.2, 0.25) is 5.02 Å². The molecule has 5 atom stereocenters. The number of methoxy groups -OCH3 is 1. The Morgan fingerprint density at radius 2 is 1.82 bits per heavy atom. The predicted molar refractivity (Wildman–Crippen MR) is 154 cm³/mol. The molecule has 5 aliphatic carbocycles. The van der Waals surface area contributed by atoms with Crippen molar-refractivity contribution in [3.05, 3.63) is 46.9 Å². The van der Waals surface area contributed by atoms with Crippen molar-refractivity contribution in [1.29, 1.82) is 0 Å². The molecular formula is C31H43ClFN5O. The third-order valence-corrected chi connectivity index (χ3v) is 10.6. The van der Waals surface area contributed by atoms with Gasteiger partial charge < -0.3 is 20.7 Å². The van der Waals surface area contributed by atoms with Crippen molar-refractivity contribution < 1.29 is 9.13 Å². The Labute approximate surface area is 237 Å². The molecule has 1 heterocycles. The van der Waals surface area contributed by atoms with Gasteiger partial charge in [-0.2, -0.15) is 4.98 Å². The van der Waals surface area contributed by atoms with Crippen LogP contribution in [0.1, 0.15) is 69.8 Å². The Morgan fingerprint density at radius 1 is 1.05 bits per heavy atom. The van der Waals surface area contributed by atoms with Crippen LogP contribution in [0.4, 0.5) is 16.2 Å². The average molecular weight is 556 g/mol. The lowest BCUT2D eigenvalue weighted by Crippen LogP contribution is -2.59.